The van der Waals surface area contributed by atoms with E-state index >= 15 is 0 Å². The van der Waals surface area contributed by atoms with Crippen LogP contribution in [0.2, 0.25) is 0 Å². The second-order valence-corrected chi connectivity index (χ2v) is 6.94. The summed E-state index contributed by atoms with van der Waals surface area (Å²) in [6.45, 7) is 6.46. The minimum Gasteiger partial charge on any atom is -0.494 e. The van der Waals surface area contributed by atoms with Gasteiger partial charge in [0, 0.05) is 17.6 Å². The van der Waals surface area contributed by atoms with Crippen LogP contribution in [0.25, 0.3) is 0 Å². The first-order valence-electron chi connectivity index (χ1n) is 9.57. The van der Waals surface area contributed by atoms with Crippen LogP contribution in [0.5, 0.6) is 5.75 Å². The third-order valence-electron chi connectivity index (χ3n) is 4.33. The average Bonchev–Trinajstić information content (AvgIpc) is 2.69. The molecule has 0 aliphatic rings. The van der Waals surface area contributed by atoms with Crippen molar-refractivity contribution in [2.45, 2.75) is 32.9 Å². The molecule has 2 N–H and O–H groups in total. The van der Waals surface area contributed by atoms with E-state index in [1.807, 2.05) is 32.9 Å². The first kappa shape index (κ1) is 21.4. The fourth-order valence-corrected chi connectivity index (χ4v) is 2.79. The van der Waals surface area contributed by atoms with Crippen molar-refractivity contribution in [1.82, 2.24) is 9.97 Å². The predicted molar refractivity (Wildman–Crippen MR) is 112 cm³/mol. The highest BCUT2D eigenvalue weighted by molar-refractivity contribution is 5.63. The van der Waals surface area contributed by atoms with Crippen molar-refractivity contribution >= 4 is 23.1 Å². The molecule has 3 rings (SSSR count). The third kappa shape index (κ3) is 5.40. The normalized spacial score (nSPS) is 11.4. The van der Waals surface area contributed by atoms with Crippen LogP contribution in [-0.4, -0.2) is 16.6 Å². The summed E-state index contributed by atoms with van der Waals surface area (Å²) in [6.07, 6.45) is -3.81. The molecule has 0 aliphatic heterocycles. The molecule has 1 heterocycles. The van der Waals surface area contributed by atoms with Gasteiger partial charge >= 0.3 is 6.18 Å². The summed E-state index contributed by atoms with van der Waals surface area (Å²) >= 11 is 0. The number of anilines is 4. The smallest absolute Gasteiger partial charge is 0.421 e. The van der Waals surface area contributed by atoms with E-state index in [1.165, 1.54) is 0 Å². The lowest BCUT2D eigenvalue weighted by Crippen LogP contribution is -2.12. The van der Waals surface area contributed by atoms with Gasteiger partial charge in [-0.15, -0.1) is 0 Å². The van der Waals surface area contributed by atoms with Gasteiger partial charge in [0.2, 0.25) is 5.95 Å². The van der Waals surface area contributed by atoms with E-state index in [9.17, 15) is 13.2 Å². The summed E-state index contributed by atoms with van der Waals surface area (Å²) in [7, 11) is 0. The number of benzene rings is 2. The van der Waals surface area contributed by atoms with Crippen LogP contribution >= 0.6 is 0 Å². The molecule has 0 bridgehead atoms. The Morgan fingerprint density at radius 1 is 1.00 bits per heavy atom. The van der Waals surface area contributed by atoms with Gasteiger partial charge in [0.25, 0.3) is 0 Å². The van der Waals surface area contributed by atoms with Gasteiger partial charge in [-0.05, 0) is 54.8 Å². The van der Waals surface area contributed by atoms with E-state index in [0.717, 1.165) is 11.8 Å². The molecule has 0 amide bonds. The topological polar surface area (TPSA) is 59.1 Å². The van der Waals surface area contributed by atoms with E-state index in [0.29, 0.717) is 23.7 Å². The van der Waals surface area contributed by atoms with Gasteiger partial charge in [-0.25, -0.2) is 4.98 Å². The lowest BCUT2D eigenvalue weighted by molar-refractivity contribution is -0.137. The number of hydrogen-bond donors (Lipinski definition) is 2. The van der Waals surface area contributed by atoms with Crippen LogP contribution in [0, 0.1) is 0 Å². The van der Waals surface area contributed by atoms with Gasteiger partial charge in [-0.2, -0.15) is 18.2 Å². The molecule has 2 aromatic carbocycles. The molecule has 0 spiro atoms. The molecule has 5 nitrogen and oxygen atoms in total. The molecule has 3 aromatic rings. The maximum Gasteiger partial charge on any atom is 0.421 e. The molecule has 30 heavy (non-hydrogen) atoms. The standard InChI is InChI=1S/C22H23F3N4O/c1-4-30-18-10-8-16(9-11-18)28-21-26-13-19(22(23,24)25)20(29-21)27-17-7-5-6-15(12-17)14(2)3/h5-14H,4H2,1-3H3,(H2,26,27,28,29). The highest BCUT2D eigenvalue weighted by Gasteiger charge is 2.35. The number of alkyl halides is 3. The Balaban J connectivity index is 1.89. The summed E-state index contributed by atoms with van der Waals surface area (Å²) in [5.74, 6) is 0.682. The number of rotatable bonds is 7. The van der Waals surface area contributed by atoms with Crippen molar-refractivity contribution in [2.24, 2.45) is 0 Å². The molecule has 0 fully saturated rings. The molecule has 0 radical (unpaired) electrons. The molecule has 0 aliphatic carbocycles. The summed E-state index contributed by atoms with van der Waals surface area (Å²) in [4.78, 5) is 7.91. The zero-order chi connectivity index (χ0) is 21.7. The second kappa shape index (κ2) is 9.02. The number of nitrogens with one attached hydrogen (secondary N) is 2. The zero-order valence-electron chi connectivity index (χ0n) is 16.9. The van der Waals surface area contributed by atoms with Gasteiger partial charge in [-0.3, -0.25) is 0 Å². The third-order valence-corrected chi connectivity index (χ3v) is 4.33. The summed E-state index contributed by atoms with van der Waals surface area (Å²) in [5.41, 5.74) is 1.23. The number of halogens is 3. The van der Waals surface area contributed by atoms with E-state index < -0.39 is 11.7 Å². The molecule has 0 atom stereocenters. The van der Waals surface area contributed by atoms with Crippen LogP contribution in [0.1, 0.15) is 37.8 Å². The quantitative estimate of drug-likeness (QED) is 0.460. The maximum atomic E-state index is 13.5. The van der Waals surface area contributed by atoms with Gasteiger partial charge in [0.15, 0.2) is 0 Å². The fourth-order valence-electron chi connectivity index (χ4n) is 2.79. The largest absolute Gasteiger partial charge is 0.494 e. The molecular formula is C22H23F3N4O. The molecule has 158 valence electrons. The van der Waals surface area contributed by atoms with Gasteiger partial charge < -0.3 is 15.4 Å². The van der Waals surface area contributed by atoms with Crippen LogP contribution in [0.3, 0.4) is 0 Å². The maximum absolute atomic E-state index is 13.5. The minimum atomic E-state index is -4.59. The number of aromatic nitrogens is 2. The SMILES string of the molecule is CCOc1ccc(Nc2ncc(C(F)(F)F)c(Nc3cccc(C(C)C)c3)n2)cc1. The van der Waals surface area contributed by atoms with E-state index in [1.54, 1.807) is 36.4 Å². The van der Waals surface area contributed by atoms with Crippen molar-refractivity contribution in [3.8, 4) is 5.75 Å². The Morgan fingerprint density at radius 2 is 1.73 bits per heavy atom. The van der Waals surface area contributed by atoms with Crippen molar-refractivity contribution in [1.29, 1.82) is 0 Å². The Bertz CT molecular complexity index is 988. The van der Waals surface area contributed by atoms with E-state index in [-0.39, 0.29) is 17.7 Å². The number of ether oxygens (including phenoxy) is 1. The average molecular weight is 416 g/mol. The highest BCUT2D eigenvalue weighted by atomic mass is 19.4. The Morgan fingerprint density at radius 3 is 2.37 bits per heavy atom. The predicted octanol–water partition coefficient (Wildman–Crippen LogP) is 6.50. The monoisotopic (exact) mass is 416 g/mol. The zero-order valence-corrected chi connectivity index (χ0v) is 16.9. The molecular weight excluding hydrogens is 393 g/mol. The molecule has 0 unspecified atom stereocenters. The fraction of sp³-hybridized carbons (Fsp3) is 0.273. The van der Waals surface area contributed by atoms with Crippen LogP contribution < -0.4 is 15.4 Å². The lowest BCUT2D eigenvalue weighted by atomic mass is 10.0. The van der Waals surface area contributed by atoms with Gasteiger partial charge in [0.05, 0.1) is 6.61 Å². The Labute approximate surface area is 173 Å². The molecule has 0 saturated heterocycles. The van der Waals surface area contributed by atoms with Gasteiger partial charge in [0.1, 0.15) is 17.1 Å². The summed E-state index contributed by atoms with van der Waals surface area (Å²) in [5, 5.41) is 5.72. The van der Waals surface area contributed by atoms with Gasteiger partial charge in [-0.1, -0.05) is 26.0 Å². The van der Waals surface area contributed by atoms with Crippen molar-refractivity contribution < 1.29 is 17.9 Å². The van der Waals surface area contributed by atoms with Crippen LogP contribution in [-0.2, 0) is 6.18 Å². The first-order valence-corrected chi connectivity index (χ1v) is 9.57. The molecule has 8 heteroatoms. The first-order chi connectivity index (χ1) is 14.3. The van der Waals surface area contributed by atoms with Crippen molar-refractivity contribution in [3.05, 3.63) is 65.9 Å². The van der Waals surface area contributed by atoms with E-state index in [4.69, 9.17) is 4.74 Å². The summed E-state index contributed by atoms with van der Waals surface area (Å²) < 4.78 is 45.8. The minimum absolute atomic E-state index is 0.0506. The van der Waals surface area contributed by atoms with Crippen LogP contribution in [0.4, 0.5) is 36.3 Å². The summed E-state index contributed by atoms with van der Waals surface area (Å²) in [6, 6.07) is 14.2. The Hall–Kier alpha value is -3.29. The van der Waals surface area contributed by atoms with Crippen LogP contribution in [0.15, 0.2) is 54.7 Å². The molecule has 1 aromatic heterocycles. The van der Waals surface area contributed by atoms with Crippen molar-refractivity contribution in [3.63, 3.8) is 0 Å². The number of hydrogen-bond acceptors (Lipinski definition) is 5. The highest BCUT2D eigenvalue weighted by Crippen LogP contribution is 2.35. The lowest BCUT2D eigenvalue weighted by Gasteiger charge is -2.16. The molecule has 0 saturated carbocycles. The Kier molecular flexibility index (Phi) is 6.44. The second-order valence-electron chi connectivity index (χ2n) is 6.94. The van der Waals surface area contributed by atoms with Crippen molar-refractivity contribution in [2.75, 3.05) is 17.2 Å². The number of nitrogens with zero attached hydrogens (tertiary/aromatic N) is 2. The van der Waals surface area contributed by atoms with E-state index in [2.05, 4.69) is 20.6 Å².